The van der Waals surface area contributed by atoms with Gasteiger partial charge in [0.05, 0.1) is 5.56 Å². The molecule has 1 heterocycles. The van der Waals surface area contributed by atoms with Gasteiger partial charge in [0.15, 0.2) is 0 Å². The van der Waals surface area contributed by atoms with Gasteiger partial charge in [-0.05, 0) is 25.0 Å². The van der Waals surface area contributed by atoms with Crippen molar-refractivity contribution in [2.75, 3.05) is 6.54 Å². The summed E-state index contributed by atoms with van der Waals surface area (Å²) in [5, 5.41) is 0. The Kier molecular flexibility index (Phi) is 4.02. The Balaban J connectivity index is 2.29. The Morgan fingerprint density at radius 1 is 1.30 bits per heavy atom. The number of ether oxygens (including phenoxy) is 1. The van der Waals surface area contributed by atoms with E-state index in [1.165, 1.54) is 11.8 Å². The third kappa shape index (κ3) is 2.79. The third-order valence-corrected chi connectivity index (χ3v) is 3.21. The van der Waals surface area contributed by atoms with E-state index in [0.29, 0.717) is 13.0 Å². The van der Waals surface area contributed by atoms with Crippen LogP contribution in [-0.4, -0.2) is 35.3 Å². The topological polar surface area (TPSA) is 89.7 Å². The summed E-state index contributed by atoms with van der Waals surface area (Å²) in [4.78, 5) is 36.3. The molecule has 1 fully saturated rings. The van der Waals surface area contributed by atoms with E-state index in [4.69, 9.17) is 10.5 Å². The predicted octanol–water partition coefficient (Wildman–Crippen LogP) is 0.702. The van der Waals surface area contributed by atoms with Gasteiger partial charge in [0.2, 0.25) is 5.91 Å². The standard InChI is InChI=1S/C14H16N2O4/c1-9(17)20-12-7-3-2-5-10(12)14(19)16-8-4-6-11(16)13(15)18/h2-3,5,7,11H,4,6,8H2,1H3,(H2,15,18). The van der Waals surface area contributed by atoms with Crippen molar-refractivity contribution in [1.82, 2.24) is 4.90 Å². The van der Waals surface area contributed by atoms with Crippen molar-refractivity contribution >= 4 is 17.8 Å². The van der Waals surface area contributed by atoms with E-state index >= 15 is 0 Å². The summed E-state index contributed by atoms with van der Waals surface area (Å²) in [5.41, 5.74) is 5.56. The van der Waals surface area contributed by atoms with Crippen molar-refractivity contribution in [3.63, 3.8) is 0 Å². The minimum atomic E-state index is -0.590. The number of esters is 1. The number of primary amides is 1. The first-order valence-electron chi connectivity index (χ1n) is 6.38. The summed E-state index contributed by atoms with van der Waals surface area (Å²) >= 11 is 0. The molecule has 0 spiro atoms. The lowest BCUT2D eigenvalue weighted by atomic mass is 10.1. The molecule has 6 heteroatoms. The van der Waals surface area contributed by atoms with Gasteiger partial charge in [0.1, 0.15) is 11.8 Å². The molecule has 0 saturated carbocycles. The second-order valence-electron chi connectivity index (χ2n) is 4.65. The van der Waals surface area contributed by atoms with Crippen LogP contribution in [0.15, 0.2) is 24.3 Å². The molecule has 1 aromatic carbocycles. The van der Waals surface area contributed by atoms with E-state index in [2.05, 4.69) is 0 Å². The van der Waals surface area contributed by atoms with Gasteiger partial charge in [0.25, 0.3) is 5.91 Å². The van der Waals surface area contributed by atoms with E-state index in [-0.39, 0.29) is 17.2 Å². The summed E-state index contributed by atoms with van der Waals surface area (Å²) in [6.07, 6.45) is 1.30. The van der Waals surface area contributed by atoms with Crippen LogP contribution >= 0.6 is 0 Å². The number of carbonyl (C=O) groups is 3. The second-order valence-corrected chi connectivity index (χ2v) is 4.65. The Labute approximate surface area is 116 Å². The summed E-state index contributed by atoms with van der Waals surface area (Å²) in [7, 11) is 0. The number of likely N-dealkylation sites (tertiary alicyclic amines) is 1. The van der Waals surface area contributed by atoms with Crippen LogP contribution in [0.1, 0.15) is 30.1 Å². The molecule has 106 valence electrons. The molecule has 0 aliphatic carbocycles. The van der Waals surface area contributed by atoms with Crippen molar-refractivity contribution in [3.05, 3.63) is 29.8 Å². The molecule has 0 bridgehead atoms. The molecule has 0 aromatic heterocycles. The van der Waals surface area contributed by atoms with Gasteiger partial charge in [-0.1, -0.05) is 12.1 Å². The number of hydrogen-bond acceptors (Lipinski definition) is 4. The molecular weight excluding hydrogens is 260 g/mol. The van der Waals surface area contributed by atoms with Gasteiger partial charge in [-0.2, -0.15) is 0 Å². The van der Waals surface area contributed by atoms with Gasteiger partial charge in [-0.3, -0.25) is 14.4 Å². The molecule has 2 N–H and O–H groups in total. The van der Waals surface area contributed by atoms with Crippen LogP contribution in [0, 0.1) is 0 Å². The maximum Gasteiger partial charge on any atom is 0.308 e. The van der Waals surface area contributed by atoms with Crippen LogP contribution < -0.4 is 10.5 Å². The molecule has 1 saturated heterocycles. The number of carbonyl (C=O) groups excluding carboxylic acids is 3. The molecule has 1 aromatic rings. The molecule has 0 radical (unpaired) electrons. The summed E-state index contributed by atoms with van der Waals surface area (Å²) in [5.74, 6) is -1.16. The minimum Gasteiger partial charge on any atom is -0.426 e. The fraction of sp³-hybridized carbons (Fsp3) is 0.357. The fourth-order valence-electron chi connectivity index (χ4n) is 2.35. The Morgan fingerprint density at radius 2 is 2.00 bits per heavy atom. The SMILES string of the molecule is CC(=O)Oc1ccccc1C(=O)N1CCCC1C(N)=O. The van der Waals surface area contributed by atoms with Crippen molar-refractivity contribution in [1.29, 1.82) is 0 Å². The number of nitrogens with two attached hydrogens (primary N) is 1. The number of para-hydroxylation sites is 1. The lowest BCUT2D eigenvalue weighted by molar-refractivity contribution is -0.132. The van der Waals surface area contributed by atoms with Gasteiger partial charge >= 0.3 is 5.97 Å². The summed E-state index contributed by atoms with van der Waals surface area (Å²) in [6, 6.07) is 5.87. The van der Waals surface area contributed by atoms with Gasteiger partial charge in [-0.15, -0.1) is 0 Å². The Morgan fingerprint density at radius 3 is 2.65 bits per heavy atom. The fourth-order valence-corrected chi connectivity index (χ4v) is 2.35. The lowest BCUT2D eigenvalue weighted by Gasteiger charge is -2.23. The maximum atomic E-state index is 12.5. The molecular formula is C14H16N2O4. The van der Waals surface area contributed by atoms with Crippen molar-refractivity contribution in [3.8, 4) is 5.75 Å². The first-order valence-corrected chi connectivity index (χ1v) is 6.38. The van der Waals surface area contributed by atoms with Crippen molar-refractivity contribution < 1.29 is 19.1 Å². The zero-order valence-corrected chi connectivity index (χ0v) is 11.2. The van der Waals surface area contributed by atoms with E-state index < -0.39 is 17.9 Å². The molecule has 1 atom stereocenters. The quantitative estimate of drug-likeness (QED) is 0.650. The smallest absolute Gasteiger partial charge is 0.308 e. The molecule has 1 unspecified atom stereocenters. The number of rotatable bonds is 3. The lowest BCUT2D eigenvalue weighted by Crippen LogP contribution is -2.43. The van der Waals surface area contributed by atoms with Gasteiger partial charge in [0, 0.05) is 13.5 Å². The van der Waals surface area contributed by atoms with E-state index in [1.807, 2.05) is 0 Å². The van der Waals surface area contributed by atoms with Crippen LogP contribution in [0.4, 0.5) is 0 Å². The molecule has 2 rings (SSSR count). The second kappa shape index (κ2) is 5.73. The number of amides is 2. The predicted molar refractivity (Wildman–Crippen MR) is 71.0 cm³/mol. The zero-order chi connectivity index (χ0) is 14.7. The van der Waals surface area contributed by atoms with E-state index in [1.54, 1.807) is 24.3 Å². The summed E-state index contributed by atoms with van der Waals surface area (Å²) in [6.45, 7) is 1.74. The third-order valence-electron chi connectivity index (χ3n) is 3.21. The van der Waals surface area contributed by atoms with Crippen molar-refractivity contribution in [2.45, 2.75) is 25.8 Å². The van der Waals surface area contributed by atoms with Crippen LogP contribution in [0.5, 0.6) is 5.75 Å². The van der Waals surface area contributed by atoms with E-state index in [9.17, 15) is 14.4 Å². The van der Waals surface area contributed by atoms with Crippen LogP contribution in [0.3, 0.4) is 0 Å². The first-order chi connectivity index (χ1) is 9.50. The van der Waals surface area contributed by atoms with E-state index in [0.717, 1.165) is 6.42 Å². The minimum absolute atomic E-state index is 0.195. The highest BCUT2D eigenvalue weighted by Gasteiger charge is 2.34. The molecule has 2 amide bonds. The molecule has 6 nitrogen and oxygen atoms in total. The highest BCUT2D eigenvalue weighted by Crippen LogP contribution is 2.25. The average molecular weight is 276 g/mol. The Bertz CT molecular complexity index is 556. The largest absolute Gasteiger partial charge is 0.426 e. The first kappa shape index (κ1) is 14.0. The van der Waals surface area contributed by atoms with Crippen LogP contribution in [-0.2, 0) is 9.59 Å². The van der Waals surface area contributed by atoms with Crippen LogP contribution in [0.25, 0.3) is 0 Å². The highest BCUT2D eigenvalue weighted by atomic mass is 16.5. The monoisotopic (exact) mass is 276 g/mol. The zero-order valence-electron chi connectivity index (χ0n) is 11.2. The molecule has 1 aliphatic heterocycles. The number of benzene rings is 1. The number of hydrogen-bond donors (Lipinski definition) is 1. The van der Waals surface area contributed by atoms with Gasteiger partial charge < -0.3 is 15.4 Å². The number of nitrogens with zero attached hydrogens (tertiary/aromatic N) is 1. The molecule has 20 heavy (non-hydrogen) atoms. The summed E-state index contributed by atoms with van der Waals surface area (Å²) < 4.78 is 5.02. The van der Waals surface area contributed by atoms with Crippen LogP contribution in [0.2, 0.25) is 0 Å². The average Bonchev–Trinajstić information content (AvgIpc) is 2.87. The highest BCUT2D eigenvalue weighted by molar-refractivity contribution is 6.00. The van der Waals surface area contributed by atoms with Gasteiger partial charge in [-0.25, -0.2) is 0 Å². The molecule has 1 aliphatic rings. The Hall–Kier alpha value is -2.37. The maximum absolute atomic E-state index is 12.5. The normalized spacial score (nSPS) is 17.9. The van der Waals surface area contributed by atoms with Crippen molar-refractivity contribution in [2.24, 2.45) is 5.73 Å².